The topological polar surface area (TPSA) is 41.5 Å². The summed E-state index contributed by atoms with van der Waals surface area (Å²) in [6.07, 6.45) is -0.0256. The molecule has 0 aromatic carbocycles. The minimum atomic E-state index is -0.243. The van der Waals surface area contributed by atoms with E-state index in [1.54, 1.807) is 0 Å². The first-order valence-electron chi connectivity index (χ1n) is 4.12. The van der Waals surface area contributed by atoms with Crippen molar-refractivity contribution >= 4 is 0 Å². The van der Waals surface area contributed by atoms with E-state index in [0.29, 0.717) is 5.92 Å². The van der Waals surface area contributed by atoms with Crippen LogP contribution in [0.3, 0.4) is 0 Å². The normalized spacial score (nSPS) is 38.5. The molecule has 2 unspecified atom stereocenters. The molecular formula is C8H17NO2. The second-order valence-corrected chi connectivity index (χ2v) is 3.57. The molecule has 0 aromatic rings. The standard InChI is InChI=1S/C8H17NO2/c1-6(2)8(3)9-4-7(5-10)11-8/h6-7,9-10H,4-5H2,1-3H3. The number of nitrogens with one attached hydrogen (secondary N) is 1. The summed E-state index contributed by atoms with van der Waals surface area (Å²) in [6, 6.07) is 0. The van der Waals surface area contributed by atoms with Crippen molar-refractivity contribution in [3.05, 3.63) is 0 Å². The molecule has 0 aliphatic carbocycles. The number of aliphatic hydroxyl groups excluding tert-OH is 1. The van der Waals surface area contributed by atoms with Gasteiger partial charge in [0.2, 0.25) is 0 Å². The molecule has 1 heterocycles. The Morgan fingerprint density at radius 1 is 1.73 bits per heavy atom. The van der Waals surface area contributed by atoms with Gasteiger partial charge in [-0.15, -0.1) is 0 Å². The van der Waals surface area contributed by atoms with Crippen LogP contribution in [0.2, 0.25) is 0 Å². The van der Waals surface area contributed by atoms with E-state index in [9.17, 15) is 0 Å². The van der Waals surface area contributed by atoms with Crippen molar-refractivity contribution in [1.29, 1.82) is 0 Å². The van der Waals surface area contributed by atoms with Crippen molar-refractivity contribution in [2.75, 3.05) is 13.2 Å². The van der Waals surface area contributed by atoms with Crippen molar-refractivity contribution in [1.82, 2.24) is 5.32 Å². The molecule has 0 saturated carbocycles. The lowest BCUT2D eigenvalue weighted by Crippen LogP contribution is -2.42. The average molecular weight is 159 g/mol. The van der Waals surface area contributed by atoms with E-state index < -0.39 is 0 Å². The third kappa shape index (κ3) is 1.72. The number of hydrogen-bond acceptors (Lipinski definition) is 3. The zero-order chi connectivity index (χ0) is 8.48. The van der Waals surface area contributed by atoms with Crippen LogP contribution >= 0.6 is 0 Å². The summed E-state index contributed by atoms with van der Waals surface area (Å²) in [4.78, 5) is 0. The molecule has 3 nitrogen and oxygen atoms in total. The minimum Gasteiger partial charge on any atom is -0.394 e. The fourth-order valence-corrected chi connectivity index (χ4v) is 1.19. The predicted octanol–water partition coefficient (Wildman–Crippen LogP) is 0.339. The van der Waals surface area contributed by atoms with Crippen LogP contribution in [-0.2, 0) is 4.74 Å². The first-order valence-corrected chi connectivity index (χ1v) is 4.12. The molecular weight excluding hydrogens is 142 g/mol. The molecule has 1 saturated heterocycles. The highest BCUT2D eigenvalue weighted by atomic mass is 16.5. The molecule has 0 spiro atoms. The highest BCUT2D eigenvalue weighted by molar-refractivity contribution is 4.85. The van der Waals surface area contributed by atoms with Gasteiger partial charge in [0, 0.05) is 6.54 Å². The fraction of sp³-hybridized carbons (Fsp3) is 1.00. The molecule has 3 heteroatoms. The molecule has 1 fully saturated rings. The van der Waals surface area contributed by atoms with E-state index in [-0.39, 0.29) is 18.4 Å². The Morgan fingerprint density at radius 2 is 2.36 bits per heavy atom. The Kier molecular flexibility index (Phi) is 2.52. The number of rotatable bonds is 2. The molecule has 0 aromatic heterocycles. The van der Waals surface area contributed by atoms with E-state index in [1.165, 1.54) is 0 Å². The SMILES string of the molecule is CC(C)C1(C)NCC(CO)O1. The van der Waals surface area contributed by atoms with E-state index >= 15 is 0 Å². The number of aliphatic hydroxyl groups is 1. The van der Waals surface area contributed by atoms with Gasteiger partial charge in [0.25, 0.3) is 0 Å². The van der Waals surface area contributed by atoms with Gasteiger partial charge in [-0.2, -0.15) is 0 Å². The fourth-order valence-electron chi connectivity index (χ4n) is 1.19. The van der Waals surface area contributed by atoms with Crippen LogP contribution in [0.15, 0.2) is 0 Å². The maximum Gasteiger partial charge on any atom is 0.119 e. The molecule has 0 bridgehead atoms. The maximum atomic E-state index is 8.82. The van der Waals surface area contributed by atoms with Crippen molar-refractivity contribution in [2.24, 2.45) is 5.92 Å². The van der Waals surface area contributed by atoms with Crippen LogP contribution in [0.1, 0.15) is 20.8 Å². The summed E-state index contributed by atoms with van der Waals surface area (Å²) in [5.41, 5.74) is -0.243. The average Bonchev–Trinajstić information content (AvgIpc) is 2.33. The first kappa shape index (κ1) is 8.97. The van der Waals surface area contributed by atoms with Crippen molar-refractivity contribution in [3.8, 4) is 0 Å². The third-order valence-corrected chi connectivity index (χ3v) is 2.40. The van der Waals surface area contributed by atoms with Crippen molar-refractivity contribution in [3.63, 3.8) is 0 Å². The summed E-state index contributed by atoms with van der Waals surface area (Å²) in [7, 11) is 0. The maximum absolute atomic E-state index is 8.82. The van der Waals surface area contributed by atoms with Crippen LogP contribution in [0.25, 0.3) is 0 Å². The summed E-state index contributed by atoms with van der Waals surface area (Å²) < 4.78 is 5.60. The van der Waals surface area contributed by atoms with Crippen LogP contribution in [0.5, 0.6) is 0 Å². The highest BCUT2D eigenvalue weighted by Gasteiger charge is 2.37. The second kappa shape index (κ2) is 3.09. The Labute approximate surface area is 67.7 Å². The van der Waals surface area contributed by atoms with Gasteiger partial charge in [0.15, 0.2) is 0 Å². The Bertz CT molecular complexity index is 138. The van der Waals surface area contributed by atoms with E-state index in [4.69, 9.17) is 9.84 Å². The molecule has 0 amide bonds. The summed E-state index contributed by atoms with van der Waals surface area (Å²) in [5.74, 6) is 0.430. The summed E-state index contributed by atoms with van der Waals surface area (Å²) in [5, 5.41) is 12.1. The third-order valence-electron chi connectivity index (χ3n) is 2.40. The quantitative estimate of drug-likeness (QED) is 0.610. The monoisotopic (exact) mass is 159 g/mol. The first-order chi connectivity index (χ1) is 5.08. The lowest BCUT2D eigenvalue weighted by Gasteiger charge is -2.28. The molecule has 2 atom stereocenters. The Hall–Kier alpha value is -0.120. The van der Waals surface area contributed by atoms with Gasteiger partial charge in [-0.1, -0.05) is 13.8 Å². The van der Waals surface area contributed by atoms with Crippen LogP contribution in [0.4, 0.5) is 0 Å². The molecule has 11 heavy (non-hydrogen) atoms. The van der Waals surface area contributed by atoms with Gasteiger partial charge < -0.3 is 9.84 Å². The zero-order valence-corrected chi connectivity index (χ0v) is 7.42. The predicted molar refractivity (Wildman–Crippen MR) is 43.2 cm³/mol. The molecule has 1 rings (SSSR count). The van der Waals surface area contributed by atoms with E-state index in [0.717, 1.165) is 6.54 Å². The Balaban J connectivity index is 2.50. The molecule has 0 radical (unpaired) electrons. The smallest absolute Gasteiger partial charge is 0.119 e. The zero-order valence-electron chi connectivity index (χ0n) is 7.42. The van der Waals surface area contributed by atoms with Crippen molar-refractivity contribution in [2.45, 2.75) is 32.6 Å². The number of hydrogen-bond donors (Lipinski definition) is 2. The van der Waals surface area contributed by atoms with Crippen LogP contribution < -0.4 is 5.32 Å². The highest BCUT2D eigenvalue weighted by Crippen LogP contribution is 2.24. The summed E-state index contributed by atoms with van der Waals surface area (Å²) >= 11 is 0. The molecule has 2 N–H and O–H groups in total. The van der Waals surface area contributed by atoms with Gasteiger partial charge in [-0.05, 0) is 12.8 Å². The van der Waals surface area contributed by atoms with Gasteiger partial charge >= 0.3 is 0 Å². The van der Waals surface area contributed by atoms with Gasteiger partial charge in [0.05, 0.1) is 12.7 Å². The number of ether oxygens (including phenoxy) is 1. The van der Waals surface area contributed by atoms with E-state index in [1.807, 2.05) is 6.92 Å². The minimum absolute atomic E-state index is 0.0256. The lowest BCUT2D eigenvalue weighted by atomic mass is 10.0. The molecule has 1 aliphatic rings. The summed E-state index contributed by atoms with van der Waals surface area (Å²) in [6.45, 7) is 7.09. The van der Waals surface area contributed by atoms with Crippen LogP contribution in [0, 0.1) is 5.92 Å². The van der Waals surface area contributed by atoms with Gasteiger partial charge in [0.1, 0.15) is 5.72 Å². The Morgan fingerprint density at radius 3 is 2.64 bits per heavy atom. The largest absolute Gasteiger partial charge is 0.394 e. The van der Waals surface area contributed by atoms with Crippen LogP contribution in [-0.4, -0.2) is 30.1 Å². The van der Waals surface area contributed by atoms with Crippen molar-refractivity contribution < 1.29 is 9.84 Å². The second-order valence-electron chi connectivity index (χ2n) is 3.57. The van der Waals surface area contributed by atoms with Gasteiger partial charge in [-0.25, -0.2) is 0 Å². The molecule has 1 aliphatic heterocycles. The van der Waals surface area contributed by atoms with E-state index in [2.05, 4.69) is 19.2 Å². The van der Waals surface area contributed by atoms with Gasteiger partial charge in [-0.3, -0.25) is 5.32 Å². The molecule has 66 valence electrons. The lowest BCUT2D eigenvalue weighted by molar-refractivity contribution is -0.0810.